The Morgan fingerprint density at radius 2 is 1.10 bits per heavy atom. The summed E-state index contributed by atoms with van der Waals surface area (Å²) in [5, 5.41) is 16.7. The molecule has 306 valence electrons. The number of H-pyrrole nitrogens is 2. The van der Waals surface area contributed by atoms with Crippen LogP contribution in [0.1, 0.15) is 77.1 Å². The number of fused-ring (bicyclic) bond motifs is 3. The minimum absolute atomic E-state index is 0.115. The predicted octanol–water partition coefficient (Wildman–Crippen LogP) is 7.93. The van der Waals surface area contributed by atoms with E-state index in [1.165, 1.54) is 7.11 Å². The van der Waals surface area contributed by atoms with Gasteiger partial charge in [0.2, 0.25) is 11.8 Å². The lowest BCUT2D eigenvalue weighted by Gasteiger charge is -2.29. The van der Waals surface area contributed by atoms with Crippen LogP contribution in [0.2, 0.25) is 0 Å². The number of rotatable bonds is 10. The molecule has 14 heteroatoms. The van der Waals surface area contributed by atoms with E-state index in [1.807, 2.05) is 44.7 Å². The minimum Gasteiger partial charge on any atom is -0.465 e. The summed E-state index contributed by atoms with van der Waals surface area (Å²) in [6.45, 7) is 8.62. The Balaban J connectivity index is 1.02. The Bertz CT molecular complexity index is 2580. The fourth-order valence-electron chi connectivity index (χ4n) is 8.66. The van der Waals surface area contributed by atoms with Crippen LogP contribution in [0.15, 0.2) is 72.8 Å². The average molecular weight is 799 g/mol. The van der Waals surface area contributed by atoms with E-state index < -0.39 is 24.3 Å². The Labute approximate surface area is 341 Å². The smallest absolute Gasteiger partial charge is 0.407 e. The molecule has 0 saturated carbocycles. The Hall–Kier alpha value is -6.44. The number of ether oxygens (including phenoxy) is 1. The third kappa shape index (κ3) is 7.78. The highest BCUT2D eigenvalue weighted by Gasteiger charge is 2.39. The molecule has 2 aliphatic heterocycles. The number of amides is 4. The van der Waals surface area contributed by atoms with E-state index in [-0.39, 0.29) is 35.7 Å². The first kappa shape index (κ1) is 39.4. The highest BCUT2D eigenvalue weighted by atomic mass is 16.5. The first-order valence-corrected chi connectivity index (χ1v) is 20.4. The van der Waals surface area contributed by atoms with E-state index >= 15 is 0 Å². The molecule has 14 nitrogen and oxygen atoms in total. The van der Waals surface area contributed by atoms with Gasteiger partial charge in [0, 0.05) is 13.1 Å². The summed E-state index contributed by atoms with van der Waals surface area (Å²) < 4.78 is 4.78. The molecule has 59 heavy (non-hydrogen) atoms. The molecule has 2 aromatic heterocycles. The fraction of sp³-hybridized carbons (Fsp3) is 0.378. The zero-order chi connectivity index (χ0) is 41.5. The van der Waals surface area contributed by atoms with Crippen molar-refractivity contribution in [2.24, 2.45) is 11.8 Å². The number of hydrogen-bond donors (Lipinski definition) is 5. The average Bonchev–Trinajstić information content (AvgIpc) is 4.05. The van der Waals surface area contributed by atoms with Gasteiger partial charge in [-0.1, -0.05) is 64.1 Å². The maximum atomic E-state index is 13.7. The molecule has 5 N–H and O–H groups in total. The normalized spacial score (nSPS) is 17.9. The number of likely N-dealkylation sites (tertiary alicyclic amines) is 2. The highest BCUT2D eigenvalue weighted by Crippen LogP contribution is 2.36. The Morgan fingerprint density at radius 1 is 0.661 bits per heavy atom. The molecule has 0 radical (unpaired) electrons. The number of carbonyl (C=O) groups excluding carboxylic acids is 3. The van der Waals surface area contributed by atoms with E-state index in [2.05, 4.69) is 81.3 Å². The second kappa shape index (κ2) is 16.1. The molecule has 2 saturated heterocycles. The van der Waals surface area contributed by atoms with Crippen molar-refractivity contribution in [3.8, 4) is 22.3 Å². The summed E-state index contributed by atoms with van der Waals surface area (Å²) in [7, 11) is 1.29. The number of carbonyl (C=O) groups is 4. The molecule has 4 heterocycles. The molecule has 2 aliphatic rings. The van der Waals surface area contributed by atoms with Gasteiger partial charge in [-0.15, -0.1) is 0 Å². The summed E-state index contributed by atoms with van der Waals surface area (Å²) >= 11 is 0. The molecule has 6 aromatic rings. The molecule has 0 spiro atoms. The van der Waals surface area contributed by atoms with Crippen LogP contribution in [0, 0.1) is 11.8 Å². The number of aromatic nitrogens is 4. The molecule has 0 aliphatic carbocycles. The van der Waals surface area contributed by atoms with Crippen molar-refractivity contribution >= 4 is 56.8 Å². The molecule has 0 bridgehead atoms. The molecule has 4 aromatic carbocycles. The van der Waals surface area contributed by atoms with Gasteiger partial charge in [-0.05, 0) is 107 Å². The number of nitrogens with zero attached hydrogens (tertiary/aromatic N) is 4. The molecule has 1 unspecified atom stereocenters. The van der Waals surface area contributed by atoms with Crippen molar-refractivity contribution in [3.63, 3.8) is 0 Å². The predicted molar refractivity (Wildman–Crippen MR) is 225 cm³/mol. The maximum absolute atomic E-state index is 13.7. The largest absolute Gasteiger partial charge is 0.465 e. The number of alkyl carbamates (subject to hydrolysis) is 1. The molecule has 2 fully saturated rings. The van der Waals surface area contributed by atoms with E-state index in [9.17, 15) is 24.3 Å². The van der Waals surface area contributed by atoms with Gasteiger partial charge < -0.3 is 40.2 Å². The van der Waals surface area contributed by atoms with Crippen LogP contribution in [-0.4, -0.2) is 91.1 Å². The van der Waals surface area contributed by atoms with Crippen LogP contribution in [0.4, 0.5) is 9.59 Å². The minimum atomic E-state index is -1.21. The number of carboxylic acid groups (broad SMARTS) is 1. The highest BCUT2D eigenvalue weighted by molar-refractivity contribution is 5.93. The second-order valence-corrected chi connectivity index (χ2v) is 16.4. The first-order valence-electron chi connectivity index (χ1n) is 20.4. The first-order chi connectivity index (χ1) is 28.4. The molecule has 4 atom stereocenters. The van der Waals surface area contributed by atoms with Crippen LogP contribution in [0.5, 0.6) is 0 Å². The van der Waals surface area contributed by atoms with Gasteiger partial charge in [0.25, 0.3) is 0 Å². The van der Waals surface area contributed by atoms with E-state index in [4.69, 9.17) is 14.7 Å². The number of aromatic amines is 2. The molecule has 4 amide bonds. The number of methoxy groups -OCH3 is 1. The number of benzene rings is 4. The standard InChI is InChI=1S/C45H50N8O6/c1-24(2)38(50-44(56)57)42(54)52-18-6-8-36(52)40-46-32-16-14-29(22-34(32)48-40)27-12-10-26-11-13-28(21-31(26)20-27)30-15-17-33-35(23-30)49-41(47-33)37-9-7-19-53(37)43(55)39(25(3)4)51-45(58)59-5/h10-17,20-25,36-39,50H,6-9,18-19H2,1-5H3,(H,46,48)(H,47,49)(H,51,58)(H,56,57)/t36-,37?,38-,39-/m0/s1. The quantitative estimate of drug-likeness (QED) is 0.0925. The number of nitrogens with one attached hydrogen (secondary N) is 4. The lowest BCUT2D eigenvalue weighted by Crippen LogP contribution is -2.51. The van der Waals surface area contributed by atoms with Crippen LogP contribution < -0.4 is 10.6 Å². The molecule has 8 rings (SSSR count). The van der Waals surface area contributed by atoms with Crippen molar-refractivity contribution in [2.45, 2.75) is 77.5 Å². The van der Waals surface area contributed by atoms with Crippen LogP contribution in [0.3, 0.4) is 0 Å². The Kier molecular flexibility index (Phi) is 10.7. The van der Waals surface area contributed by atoms with Crippen molar-refractivity contribution in [3.05, 3.63) is 84.4 Å². The lowest BCUT2D eigenvalue weighted by molar-refractivity contribution is -0.136. The van der Waals surface area contributed by atoms with E-state index in [1.54, 1.807) is 4.90 Å². The van der Waals surface area contributed by atoms with Crippen molar-refractivity contribution in [2.75, 3.05) is 20.2 Å². The molecular formula is C45H50N8O6. The summed E-state index contributed by atoms with van der Waals surface area (Å²) in [4.78, 5) is 71.1. The SMILES string of the molecule is COC(=O)N[C@H](C(=O)N1CCCC1c1nc2cc(-c3ccc4ccc(-c5ccc6[nH]c([C@@H]7CCCN7C(=O)[C@@H](NC(=O)O)C(C)C)nc6c5)cc4c3)ccc2[nH]1)C(C)C. The summed E-state index contributed by atoms with van der Waals surface area (Å²) in [5.74, 6) is 0.751. The van der Waals surface area contributed by atoms with Crippen LogP contribution in [0.25, 0.3) is 55.1 Å². The van der Waals surface area contributed by atoms with Gasteiger partial charge in [0.15, 0.2) is 0 Å². The van der Waals surface area contributed by atoms with Crippen LogP contribution >= 0.6 is 0 Å². The lowest BCUT2D eigenvalue weighted by atomic mass is 9.97. The van der Waals surface area contributed by atoms with Gasteiger partial charge in [0.05, 0.1) is 41.3 Å². The van der Waals surface area contributed by atoms with Gasteiger partial charge >= 0.3 is 12.2 Å². The Morgan fingerprint density at radius 3 is 1.54 bits per heavy atom. The number of hydrogen-bond acceptors (Lipinski definition) is 7. The summed E-state index contributed by atoms with van der Waals surface area (Å²) in [6.07, 6.45) is 1.33. The van der Waals surface area contributed by atoms with Crippen molar-refractivity contribution in [1.82, 2.24) is 40.4 Å². The van der Waals surface area contributed by atoms with E-state index in [0.29, 0.717) is 18.9 Å². The molecular weight excluding hydrogens is 749 g/mol. The fourth-order valence-corrected chi connectivity index (χ4v) is 8.66. The zero-order valence-corrected chi connectivity index (χ0v) is 33.9. The van der Waals surface area contributed by atoms with Gasteiger partial charge in [-0.2, -0.15) is 0 Å². The van der Waals surface area contributed by atoms with Crippen molar-refractivity contribution < 1.29 is 29.0 Å². The third-order valence-corrected chi connectivity index (χ3v) is 11.8. The van der Waals surface area contributed by atoms with E-state index in [0.717, 1.165) is 86.6 Å². The van der Waals surface area contributed by atoms with Gasteiger partial charge in [0.1, 0.15) is 23.7 Å². The maximum Gasteiger partial charge on any atom is 0.407 e. The topological polar surface area (TPSA) is 186 Å². The summed E-state index contributed by atoms with van der Waals surface area (Å²) in [6, 6.07) is 23.2. The summed E-state index contributed by atoms with van der Waals surface area (Å²) in [5.41, 5.74) is 7.49. The third-order valence-electron chi connectivity index (χ3n) is 11.8. The number of imidazole rings is 2. The monoisotopic (exact) mass is 798 g/mol. The second-order valence-electron chi connectivity index (χ2n) is 16.4. The van der Waals surface area contributed by atoms with Crippen LogP contribution in [-0.2, 0) is 14.3 Å². The van der Waals surface area contributed by atoms with Gasteiger partial charge in [-0.25, -0.2) is 19.6 Å². The van der Waals surface area contributed by atoms with Crippen molar-refractivity contribution in [1.29, 1.82) is 0 Å². The zero-order valence-electron chi connectivity index (χ0n) is 33.9. The van der Waals surface area contributed by atoms with Gasteiger partial charge in [-0.3, -0.25) is 9.59 Å².